The Morgan fingerprint density at radius 3 is 3.00 bits per heavy atom. The fraction of sp³-hybridized carbons (Fsp3) is 0.500. The fourth-order valence-corrected chi connectivity index (χ4v) is 4.18. The van der Waals surface area contributed by atoms with Crippen LogP contribution in [0.15, 0.2) is 11.1 Å². The van der Waals surface area contributed by atoms with Crippen LogP contribution in [0.3, 0.4) is 0 Å². The third-order valence-corrected chi connectivity index (χ3v) is 5.48. The Balaban J connectivity index is 1.60. The third kappa shape index (κ3) is 2.27. The van der Waals surface area contributed by atoms with E-state index in [1.54, 1.807) is 6.92 Å². The molecule has 2 aromatic rings. The highest BCUT2D eigenvalue weighted by atomic mass is 32.1. The Morgan fingerprint density at radius 2 is 2.22 bits per heavy atom. The molecule has 2 saturated heterocycles. The molecule has 9 heteroatoms. The number of hydrogen-bond acceptors (Lipinski definition) is 7. The lowest BCUT2D eigenvalue weighted by molar-refractivity contribution is 0.0178. The molecule has 2 aromatic heterocycles. The quantitative estimate of drug-likeness (QED) is 0.684. The molecule has 0 bridgehead atoms. The van der Waals surface area contributed by atoms with Gasteiger partial charge in [-0.15, -0.1) is 11.3 Å². The fourth-order valence-electron chi connectivity index (χ4n) is 3.13. The number of amides is 1. The highest BCUT2D eigenvalue weighted by Gasteiger charge is 2.47. The normalized spacial score (nSPS) is 29.8. The predicted molar refractivity (Wildman–Crippen MR) is 81.7 cm³/mol. The molecule has 2 fully saturated rings. The largest absolute Gasteiger partial charge is 0.388 e. The monoisotopic (exact) mass is 337 g/mol. The van der Waals surface area contributed by atoms with Crippen LogP contribution in [0.1, 0.15) is 15.2 Å². The topological polar surface area (TPSA) is 114 Å². The molecule has 0 radical (unpaired) electrons. The zero-order valence-electron chi connectivity index (χ0n) is 12.2. The number of fused-ring (bicyclic) bond motifs is 2. The molecular formula is C14H15N3O5S. The van der Waals surface area contributed by atoms with E-state index in [4.69, 9.17) is 9.47 Å². The van der Waals surface area contributed by atoms with Crippen molar-refractivity contribution in [3.05, 3.63) is 27.1 Å². The number of aliphatic hydroxyl groups excluding tert-OH is 1. The lowest BCUT2D eigenvalue weighted by Gasteiger charge is -2.17. The highest BCUT2D eigenvalue weighted by molar-refractivity contribution is 7.20. The number of nitrogens with zero attached hydrogens (tertiary/aromatic N) is 1. The van der Waals surface area contributed by atoms with Gasteiger partial charge < -0.3 is 24.9 Å². The van der Waals surface area contributed by atoms with Crippen molar-refractivity contribution in [3.63, 3.8) is 0 Å². The van der Waals surface area contributed by atoms with Crippen LogP contribution < -0.4 is 10.9 Å². The molecular weight excluding hydrogens is 322 g/mol. The van der Waals surface area contributed by atoms with Crippen LogP contribution in [0.5, 0.6) is 0 Å². The van der Waals surface area contributed by atoms with Gasteiger partial charge in [-0.3, -0.25) is 9.59 Å². The van der Waals surface area contributed by atoms with Crippen molar-refractivity contribution in [1.82, 2.24) is 15.3 Å². The maximum atomic E-state index is 12.6. The smallest absolute Gasteiger partial charge is 0.262 e. The van der Waals surface area contributed by atoms with Gasteiger partial charge in [0.1, 0.15) is 23.1 Å². The average molecular weight is 337 g/mol. The summed E-state index contributed by atoms with van der Waals surface area (Å²) in [6.45, 7) is 2.23. The molecule has 8 nitrogen and oxygen atoms in total. The van der Waals surface area contributed by atoms with Gasteiger partial charge >= 0.3 is 0 Å². The molecule has 3 N–H and O–H groups in total. The number of aromatic nitrogens is 2. The van der Waals surface area contributed by atoms with E-state index in [0.717, 1.165) is 0 Å². The summed E-state index contributed by atoms with van der Waals surface area (Å²) in [5.74, 6) is -0.288. The first-order chi connectivity index (χ1) is 11.1. The minimum absolute atomic E-state index is 0.211. The number of aryl methyl sites for hydroxylation is 1. The Morgan fingerprint density at radius 1 is 1.43 bits per heavy atom. The molecule has 0 aliphatic carbocycles. The summed E-state index contributed by atoms with van der Waals surface area (Å²) in [6, 6.07) is -0.319. The Bertz CT molecular complexity index is 831. The van der Waals surface area contributed by atoms with Crippen LogP contribution in [-0.2, 0) is 9.47 Å². The predicted octanol–water partition coefficient (Wildman–Crippen LogP) is -0.450. The zero-order chi connectivity index (χ0) is 16.1. The zero-order valence-corrected chi connectivity index (χ0v) is 13.1. The van der Waals surface area contributed by atoms with E-state index in [1.807, 2.05) is 0 Å². The number of aromatic amines is 1. The van der Waals surface area contributed by atoms with Crippen molar-refractivity contribution in [1.29, 1.82) is 0 Å². The Labute approximate surface area is 134 Å². The molecule has 0 aromatic carbocycles. The van der Waals surface area contributed by atoms with Crippen molar-refractivity contribution in [3.8, 4) is 0 Å². The van der Waals surface area contributed by atoms with Gasteiger partial charge in [0, 0.05) is 0 Å². The van der Waals surface area contributed by atoms with E-state index in [0.29, 0.717) is 27.3 Å². The van der Waals surface area contributed by atoms with Gasteiger partial charge in [0.05, 0.1) is 35.8 Å². The Hall–Kier alpha value is -1.81. The maximum Gasteiger partial charge on any atom is 0.262 e. The van der Waals surface area contributed by atoms with Crippen LogP contribution in [0.25, 0.3) is 10.2 Å². The summed E-state index contributed by atoms with van der Waals surface area (Å²) in [7, 11) is 0. The van der Waals surface area contributed by atoms with Gasteiger partial charge in [0.15, 0.2) is 0 Å². The third-order valence-electron chi connectivity index (χ3n) is 4.28. The second-order valence-corrected chi connectivity index (χ2v) is 6.71. The summed E-state index contributed by atoms with van der Waals surface area (Å²) >= 11 is 1.18. The second-order valence-electron chi connectivity index (χ2n) is 5.71. The molecule has 4 atom stereocenters. The van der Waals surface area contributed by atoms with E-state index < -0.39 is 12.2 Å². The minimum Gasteiger partial charge on any atom is -0.388 e. The summed E-state index contributed by atoms with van der Waals surface area (Å²) in [4.78, 5) is 32.0. The second kappa shape index (κ2) is 5.38. The summed E-state index contributed by atoms with van der Waals surface area (Å²) in [5, 5.41) is 13.1. The number of carbonyl (C=O) groups excluding carboxylic acids is 1. The van der Waals surface area contributed by atoms with E-state index in [2.05, 4.69) is 15.3 Å². The number of rotatable bonds is 2. The lowest BCUT2D eigenvalue weighted by Crippen LogP contribution is -2.44. The van der Waals surface area contributed by atoms with Gasteiger partial charge in [-0.2, -0.15) is 0 Å². The highest BCUT2D eigenvalue weighted by Crippen LogP contribution is 2.29. The van der Waals surface area contributed by atoms with E-state index in [9.17, 15) is 14.7 Å². The van der Waals surface area contributed by atoms with E-state index in [1.165, 1.54) is 17.7 Å². The van der Waals surface area contributed by atoms with E-state index in [-0.39, 0.29) is 30.2 Å². The summed E-state index contributed by atoms with van der Waals surface area (Å²) in [6.07, 6.45) is -0.0694. The van der Waals surface area contributed by atoms with Crippen molar-refractivity contribution in [2.45, 2.75) is 31.3 Å². The number of aliphatic hydroxyl groups is 1. The average Bonchev–Trinajstić information content (AvgIpc) is 3.17. The first-order valence-corrected chi connectivity index (χ1v) is 8.07. The van der Waals surface area contributed by atoms with Crippen molar-refractivity contribution in [2.75, 3.05) is 13.2 Å². The van der Waals surface area contributed by atoms with Crippen molar-refractivity contribution < 1.29 is 19.4 Å². The molecule has 2 aliphatic heterocycles. The number of ether oxygens (including phenoxy) is 2. The first-order valence-electron chi connectivity index (χ1n) is 7.25. The number of carbonyl (C=O) groups is 1. The number of H-pyrrole nitrogens is 1. The minimum atomic E-state index is -0.657. The number of hydrogen-bond donors (Lipinski definition) is 3. The molecule has 2 aliphatic rings. The van der Waals surface area contributed by atoms with Crippen molar-refractivity contribution >= 4 is 27.5 Å². The van der Waals surface area contributed by atoms with Gasteiger partial charge in [0.25, 0.3) is 11.5 Å². The molecule has 0 spiro atoms. The molecule has 0 saturated carbocycles. The van der Waals surface area contributed by atoms with Crippen LogP contribution in [0, 0.1) is 6.92 Å². The van der Waals surface area contributed by atoms with Crippen LogP contribution in [0.2, 0.25) is 0 Å². The van der Waals surface area contributed by atoms with Gasteiger partial charge in [0.2, 0.25) is 0 Å². The number of thiophene rings is 1. The lowest BCUT2D eigenvalue weighted by atomic mass is 10.1. The van der Waals surface area contributed by atoms with Gasteiger partial charge in [-0.25, -0.2) is 4.98 Å². The summed E-state index contributed by atoms with van der Waals surface area (Å²) < 4.78 is 11.0. The first kappa shape index (κ1) is 14.8. The molecule has 4 rings (SSSR count). The van der Waals surface area contributed by atoms with Gasteiger partial charge in [-0.1, -0.05) is 0 Å². The Kier molecular flexibility index (Phi) is 3.45. The molecule has 4 heterocycles. The van der Waals surface area contributed by atoms with Crippen LogP contribution in [-0.4, -0.2) is 58.5 Å². The van der Waals surface area contributed by atoms with E-state index >= 15 is 0 Å². The SMILES string of the molecule is Cc1c(C(=O)N[C@@H]2CO[C@H]3[C@@H]2OC[C@H]3O)sc2nc[nH]c(=O)c12. The molecule has 1 amide bonds. The molecule has 122 valence electrons. The van der Waals surface area contributed by atoms with Crippen LogP contribution in [0.4, 0.5) is 0 Å². The molecule has 0 unspecified atom stereocenters. The molecule has 23 heavy (non-hydrogen) atoms. The van der Waals surface area contributed by atoms with Gasteiger partial charge in [-0.05, 0) is 12.5 Å². The summed E-state index contributed by atoms with van der Waals surface area (Å²) in [5.41, 5.74) is 0.356. The maximum absolute atomic E-state index is 12.6. The standard InChI is InChI=1S/C14H15N3O5S/c1-5-8-12(19)15-4-16-14(8)23-11(5)13(20)17-6-2-21-10-7(18)3-22-9(6)10/h4,6-7,9-10,18H,2-3H2,1H3,(H,17,20)(H,15,16,19)/t6-,7-,9-,10-/m1/s1. The van der Waals surface area contributed by atoms with Crippen molar-refractivity contribution in [2.24, 2.45) is 0 Å². The number of nitrogens with one attached hydrogen (secondary N) is 2. The van der Waals surface area contributed by atoms with Crippen LogP contribution >= 0.6 is 11.3 Å².